The van der Waals surface area contributed by atoms with E-state index in [1.165, 1.54) is 90.5 Å². The minimum Gasteiger partial charge on any atom is -0.381 e. The summed E-state index contributed by atoms with van der Waals surface area (Å²) in [5, 5.41) is 7.32. The minimum atomic E-state index is 0.209. The van der Waals surface area contributed by atoms with Crippen LogP contribution in [0, 0.1) is 5.92 Å². The van der Waals surface area contributed by atoms with E-state index in [2.05, 4.69) is 27.4 Å². The number of nitrogens with zero attached hydrogens (tertiary/aromatic N) is 3. The standard InChI is InChI=1S/C25H47N5O/c1-2-26-24(27-21-25(12-18-31-19-13-25)30-14-6-7-15-30)28-23-10-16-29(17-11-23)20-22-8-4-3-5-9-22/h22-23H,2-21H2,1H3,(H2,26,27,28). The van der Waals surface area contributed by atoms with Crippen molar-refractivity contribution in [3.8, 4) is 0 Å². The van der Waals surface area contributed by atoms with Gasteiger partial charge in [-0.2, -0.15) is 0 Å². The largest absolute Gasteiger partial charge is 0.381 e. The van der Waals surface area contributed by atoms with E-state index in [4.69, 9.17) is 9.73 Å². The molecule has 31 heavy (non-hydrogen) atoms. The molecule has 0 aromatic carbocycles. The van der Waals surface area contributed by atoms with Crippen LogP contribution in [0.3, 0.4) is 0 Å². The van der Waals surface area contributed by atoms with Gasteiger partial charge in [0, 0.05) is 51.0 Å². The highest BCUT2D eigenvalue weighted by Gasteiger charge is 2.39. The zero-order chi connectivity index (χ0) is 21.4. The van der Waals surface area contributed by atoms with Crippen molar-refractivity contribution >= 4 is 5.96 Å². The summed E-state index contributed by atoms with van der Waals surface area (Å²) in [5.74, 6) is 1.98. The van der Waals surface area contributed by atoms with Crippen molar-refractivity contribution in [2.24, 2.45) is 10.9 Å². The molecule has 0 aromatic rings. The number of rotatable bonds is 7. The lowest BCUT2D eigenvalue weighted by Gasteiger charge is -2.43. The number of aliphatic imine (C=N–C) groups is 1. The van der Waals surface area contributed by atoms with Crippen molar-refractivity contribution in [3.05, 3.63) is 0 Å². The molecule has 1 saturated carbocycles. The maximum absolute atomic E-state index is 5.71. The molecule has 0 atom stereocenters. The van der Waals surface area contributed by atoms with E-state index in [0.717, 1.165) is 51.0 Å². The molecular formula is C25H47N5O. The van der Waals surface area contributed by atoms with Crippen LogP contribution in [0.2, 0.25) is 0 Å². The molecule has 3 heterocycles. The van der Waals surface area contributed by atoms with Crippen molar-refractivity contribution in [2.75, 3.05) is 59.0 Å². The van der Waals surface area contributed by atoms with Crippen LogP contribution in [0.25, 0.3) is 0 Å². The second kappa shape index (κ2) is 11.9. The lowest BCUT2D eigenvalue weighted by Crippen LogP contribution is -2.54. The Balaban J connectivity index is 1.28. The maximum atomic E-state index is 5.71. The summed E-state index contributed by atoms with van der Waals surface area (Å²) < 4.78 is 5.71. The van der Waals surface area contributed by atoms with Crippen LogP contribution >= 0.6 is 0 Å². The predicted octanol–water partition coefficient (Wildman–Crippen LogP) is 3.23. The van der Waals surface area contributed by atoms with Gasteiger partial charge in [-0.1, -0.05) is 19.3 Å². The first-order valence-electron chi connectivity index (χ1n) is 13.4. The SMILES string of the molecule is CCNC(=NCC1(N2CCCC2)CCOCC1)NC1CCN(CC2CCCCC2)CC1. The van der Waals surface area contributed by atoms with Gasteiger partial charge in [0.05, 0.1) is 6.54 Å². The fraction of sp³-hybridized carbons (Fsp3) is 0.960. The number of likely N-dealkylation sites (tertiary alicyclic amines) is 2. The molecule has 178 valence electrons. The Morgan fingerprint density at radius 2 is 1.65 bits per heavy atom. The van der Waals surface area contributed by atoms with E-state index >= 15 is 0 Å². The van der Waals surface area contributed by atoms with Crippen molar-refractivity contribution in [2.45, 2.75) is 89.1 Å². The molecule has 0 bridgehead atoms. The summed E-state index contributed by atoms with van der Waals surface area (Å²) in [6.45, 7) is 12.0. The van der Waals surface area contributed by atoms with Gasteiger partial charge in [0.1, 0.15) is 0 Å². The van der Waals surface area contributed by atoms with Crippen LogP contribution in [0.4, 0.5) is 0 Å². The summed E-state index contributed by atoms with van der Waals surface area (Å²) in [5.41, 5.74) is 0.209. The first-order valence-corrected chi connectivity index (χ1v) is 13.4. The number of ether oxygens (including phenoxy) is 1. The van der Waals surface area contributed by atoms with Crippen LogP contribution in [0.5, 0.6) is 0 Å². The van der Waals surface area contributed by atoms with E-state index < -0.39 is 0 Å². The Bertz CT molecular complexity index is 542. The second-order valence-electron chi connectivity index (χ2n) is 10.4. The zero-order valence-corrected chi connectivity index (χ0v) is 20.0. The van der Waals surface area contributed by atoms with Crippen molar-refractivity contribution in [1.82, 2.24) is 20.4 Å². The monoisotopic (exact) mass is 433 g/mol. The molecule has 3 aliphatic heterocycles. The molecule has 6 nitrogen and oxygen atoms in total. The first-order chi connectivity index (χ1) is 15.3. The zero-order valence-electron chi connectivity index (χ0n) is 20.0. The van der Waals surface area contributed by atoms with E-state index in [1.807, 2.05) is 0 Å². The second-order valence-corrected chi connectivity index (χ2v) is 10.4. The molecule has 6 heteroatoms. The highest BCUT2D eigenvalue weighted by atomic mass is 16.5. The molecule has 4 rings (SSSR count). The summed E-state index contributed by atoms with van der Waals surface area (Å²) in [7, 11) is 0. The summed E-state index contributed by atoms with van der Waals surface area (Å²) >= 11 is 0. The number of guanidine groups is 1. The molecule has 4 aliphatic rings. The highest BCUT2D eigenvalue weighted by molar-refractivity contribution is 5.80. The average molecular weight is 434 g/mol. The Labute approximate surface area is 190 Å². The van der Waals surface area contributed by atoms with Gasteiger partial charge >= 0.3 is 0 Å². The molecule has 0 aromatic heterocycles. The Morgan fingerprint density at radius 3 is 2.32 bits per heavy atom. The smallest absolute Gasteiger partial charge is 0.191 e. The highest BCUT2D eigenvalue weighted by Crippen LogP contribution is 2.31. The third-order valence-corrected chi connectivity index (χ3v) is 8.25. The van der Waals surface area contributed by atoms with Crippen molar-refractivity contribution < 1.29 is 4.74 Å². The van der Waals surface area contributed by atoms with Crippen LogP contribution in [-0.4, -0.2) is 86.4 Å². The summed E-state index contributed by atoms with van der Waals surface area (Å²) in [4.78, 5) is 10.6. The normalized spacial score (nSPS) is 27.5. The lowest BCUT2D eigenvalue weighted by atomic mass is 9.88. The lowest BCUT2D eigenvalue weighted by molar-refractivity contribution is -0.0139. The van der Waals surface area contributed by atoms with E-state index in [-0.39, 0.29) is 5.54 Å². The quantitative estimate of drug-likeness (QED) is 0.477. The Hall–Kier alpha value is -0.850. The molecule has 2 N–H and O–H groups in total. The van der Waals surface area contributed by atoms with Gasteiger partial charge in [0.15, 0.2) is 5.96 Å². The molecular weight excluding hydrogens is 386 g/mol. The minimum absolute atomic E-state index is 0.209. The van der Waals surface area contributed by atoms with Crippen LogP contribution in [0.15, 0.2) is 4.99 Å². The third-order valence-electron chi connectivity index (χ3n) is 8.25. The van der Waals surface area contributed by atoms with Gasteiger partial charge in [-0.05, 0) is 77.3 Å². The molecule has 4 fully saturated rings. The molecule has 1 aliphatic carbocycles. The van der Waals surface area contributed by atoms with Crippen LogP contribution in [0.1, 0.15) is 77.6 Å². The van der Waals surface area contributed by atoms with Gasteiger partial charge in [-0.25, -0.2) is 0 Å². The van der Waals surface area contributed by atoms with Crippen LogP contribution in [-0.2, 0) is 4.74 Å². The molecule has 3 saturated heterocycles. The Kier molecular flexibility index (Phi) is 8.91. The van der Waals surface area contributed by atoms with Crippen molar-refractivity contribution in [3.63, 3.8) is 0 Å². The molecule has 0 amide bonds. The van der Waals surface area contributed by atoms with Crippen molar-refractivity contribution in [1.29, 1.82) is 0 Å². The average Bonchev–Trinajstić information content (AvgIpc) is 3.36. The molecule has 0 spiro atoms. The number of hydrogen-bond donors (Lipinski definition) is 2. The number of hydrogen-bond acceptors (Lipinski definition) is 4. The summed E-state index contributed by atoms with van der Waals surface area (Å²) in [6, 6.07) is 0.554. The van der Waals surface area contributed by atoms with Crippen LogP contribution < -0.4 is 10.6 Å². The van der Waals surface area contributed by atoms with E-state index in [1.54, 1.807) is 0 Å². The third kappa shape index (κ3) is 6.58. The summed E-state index contributed by atoms with van der Waals surface area (Å²) in [6.07, 6.45) is 14.7. The van der Waals surface area contributed by atoms with Gasteiger partial charge in [-0.3, -0.25) is 9.89 Å². The molecule has 0 radical (unpaired) electrons. The predicted molar refractivity (Wildman–Crippen MR) is 129 cm³/mol. The number of piperidine rings is 1. The fourth-order valence-corrected chi connectivity index (χ4v) is 6.25. The first kappa shape index (κ1) is 23.3. The van der Waals surface area contributed by atoms with E-state index in [0.29, 0.717) is 6.04 Å². The van der Waals surface area contributed by atoms with E-state index in [9.17, 15) is 0 Å². The fourth-order valence-electron chi connectivity index (χ4n) is 6.25. The van der Waals surface area contributed by atoms with Gasteiger partial charge in [-0.15, -0.1) is 0 Å². The molecule has 0 unspecified atom stereocenters. The van der Waals surface area contributed by atoms with Gasteiger partial charge in [0.2, 0.25) is 0 Å². The topological polar surface area (TPSA) is 52.1 Å². The number of nitrogens with one attached hydrogen (secondary N) is 2. The van der Waals surface area contributed by atoms with Gasteiger partial charge in [0.25, 0.3) is 0 Å². The maximum Gasteiger partial charge on any atom is 0.191 e. The van der Waals surface area contributed by atoms with Gasteiger partial charge < -0.3 is 20.3 Å². The Morgan fingerprint density at radius 1 is 0.935 bits per heavy atom.